The van der Waals surface area contributed by atoms with Gasteiger partial charge in [-0.15, -0.1) is 0 Å². The van der Waals surface area contributed by atoms with E-state index in [-0.39, 0.29) is 5.41 Å². The van der Waals surface area contributed by atoms with Crippen molar-refractivity contribution in [3.05, 3.63) is 242 Å². The molecule has 0 aliphatic heterocycles. The molecule has 0 fully saturated rings. The lowest BCUT2D eigenvalue weighted by molar-refractivity contribution is 0.660. The molecule has 0 N–H and O–H groups in total. The molecule has 300 valence electrons. The van der Waals surface area contributed by atoms with E-state index < -0.39 is 0 Å². The van der Waals surface area contributed by atoms with Gasteiger partial charge < -0.3 is 9.47 Å². The molecule has 1 aliphatic rings. The fraction of sp³-hybridized carbons (Fsp3) is 0.0492. The topological polar surface area (TPSA) is 8.17 Å². The number of hydrogen-bond donors (Lipinski definition) is 0. The minimum Gasteiger partial charge on any atom is -0.311 e. The van der Waals surface area contributed by atoms with Gasteiger partial charge in [0.25, 0.3) is 0 Å². The summed E-state index contributed by atoms with van der Waals surface area (Å²) in [7, 11) is 0. The summed E-state index contributed by atoms with van der Waals surface area (Å²) in [5, 5.41) is 2.50. The lowest BCUT2D eigenvalue weighted by atomic mass is 9.82. The molecule has 0 bridgehead atoms. The standard InChI is InChI=1S/C61H46N2/c1-5-41-15-19-43(20-16-41)45-23-30-49(31-24-45)62(50-32-25-46(26-33-50)44-21-17-42(6-2)18-22-44)51-34-27-47(28-35-51)48-29-38-60-56(39-48)55-12-8-10-14-59(55)63(60)52-36-37-54-53-11-7-9-13-57(53)61(3,4)58(54)40-52/h5-40H,1-2H2,3-4H3. The summed E-state index contributed by atoms with van der Waals surface area (Å²) in [6.07, 6.45) is 3.76. The number of benzene rings is 9. The van der Waals surface area contributed by atoms with Crippen LogP contribution in [0.5, 0.6) is 0 Å². The van der Waals surface area contributed by atoms with Gasteiger partial charge in [-0.05, 0) is 133 Å². The van der Waals surface area contributed by atoms with Gasteiger partial charge in [0.05, 0.1) is 11.0 Å². The second-order valence-electron chi connectivity index (χ2n) is 17.1. The van der Waals surface area contributed by atoms with Crippen molar-refractivity contribution < 1.29 is 0 Å². The molecule has 10 aromatic rings. The van der Waals surface area contributed by atoms with Crippen molar-refractivity contribution in [1.82, 2.24) is 4.57 Å². The highest BCUT2D eigenvalue weighted by Crippen LogP contribution is 2.49. The molecule has 0 amide bonds. The Morgan fingerprint density at radius 3 is 1.40 bits per heavy atom. The SMILES string of the molecule is C=Cc1ccc(-c2ccc(N(c3ccc(-c4ccc(C=C)cc4)cc3)c3ccc(-c4ccc5c(c4)c4ccccc4n5-c4ccc5c(c4)C(C)(C)c4ccccc4-5)cc3)cc2)cc1. The Morgan fingerprint density at radius 1 is 0.397 bits per heavy atom. The van der Waals surface area contributed by atoms with Crippen LogP contribution in [0.25, 0.3) is 84.2 Å². The molecule has 0 unspecified atom stereocenters. The van der Waals surface area contributed by atoms with Gasteiger partial charge in [0.15, 0.2) is 0 Å². The molecule has 0 atom stereocenters. The van der Waals surface area contributed by atoms with Crippen molar-refractivity contribution >= 4 is 51.0 Å². The summed E-state index contributed by atoms with van der Waals surface area (Å²) in [4.78, 5) is 2.34. The lowest BCUT2D eigenvalue weighted by Gasteiger charge is -2.26. The summed E-state index contributed by atoms with van der Waals surface area (Å²) in [5.74, 6) is 0. The Bertz CT molecular complexity index is 3250. The van der Waals surface area contributed by atoms with Crippen molar-refractivity contribution in [2.24, 2.45) is 0 Å². The van der Waals surface area contributed by atoms with Crippen LogP contribution < -0.4 is 4.90 Å². The van der Waals surface area contributed by atoms with Crippen molar-refractivity contribution in [3.63, 3.8) is 0 Å². The zero-order valence-corrected chi connectivity index (χ0v) is 35.6. The monoisotopic (exact) mass is 806 g/mol. The Morgan fingerprint density at radius 2 is 0.841 bits per heavy atom. The first-order chi connectivity index (χ1) is 30.9. The lowest BCUT2D eigenvalue weighted by Crippen LogP contribution is -2.15. The average molecular weight is 807 g/mol. The van der Waals surface area contributed by atoms with Crippen LogP contribution in [0.2, 0.25) is 0 Å². The van der Waals surface area contributed by atoms with Crippen molar-refractivity contribution in [2.75, 3.05) is 4.90 Å². The molecule has 11 rings (SSSR count). The normalized spacial score (nSPS) is 12.5. The number of nitrogens with zero attached hydrogens (tertiary/aromatic N) is 2. The molecular formula is C61H46N2. The van der Waals surface area contributed by atoms with Crippen LogP contribution in [0.15, 0.2) is 219 Å². The Kier molecular flexibility index (Phi) is 9.17. The van der Waals surface area contributed by atoms with Gasteiger partial charge >= 0.3 is 0 Å². The number of rotatable bonds is 9. The Labute approximate surface area is 370 Å². The van der Waals surface area contributed by atoms with Crippen LogP contribution in [0, 0.1) is 0 Å². The zero-order valence-electron chi connectivity index (χ0n) is 35.6. The third-order valence-corrected chi connectivity index (χ3v) is 13.2. The van der Waals surface area contributed by atoms with E-state index in [0.717, 1.165) is 28.2 Å². The highest BCUT2D eigenvalue weighted by Gasteiger charge is 2.35. The Hall–Kier alpha value is -7.94. The quantitative estimate of drug-likeness (QED) is 0.141. The first-order valence-corrected chi connectivity index (χ1v) is 21.7. The van der Waals surface area contributed by atoms with Gasteiger partial charge in [0, 0.05) is 38.9 Å². The van der Waals surface area contributed by atoms with Gasteiger partial charge in [0.2, 0.25) is 0 Å². The third-order valence-electron chi connectivity index (χ3n) is 13.2. The van der Waals surface area contributed by atoms with Crippen LogP contribution >= 0.6 is 0 Å². The van der Waals surface area contributed by atoms with E-state index in [2.05, 4.69) is 243 Å². The number of hydrogen-bond acceptors (Lipinski definition) is 1. The summed E-state index contributed by atoms with van der Waals surface area (Å²) in [6, 6.07) is 75.5. The largest absolute Gasteiger partial charge is 0.311 e. The summed E-state index contributed by atoms with van der Waals surface area (Å²) >= 11 is 0. The molecule has 1 aliphatic carbocycles. The molecule has 1 heterocycles. The maximum Gasteiger partial charge on any atom is 0.0541 e. The average Bonchev–Trinajstić information content (AvgIpc) is 3.79. The maximum atomic E-state index is 3.92. The first-order valence-electron chi connectivity index (χ1n) is 21.7. The summed E-state index contributed by atoms with van der Waals surface area (Å²) < 4.78 is 2.44. The van der Waals surface area contributed by atoms with Gasteiger partial charge in [-0.2, -0.15) is 0 Å². The molecule has 1 aromatic heterocycles. The van der Waals surface area contributed by atoms with Crippen LogP contribution in [0.4, 0.5) is 17.1 Å². The number of para-hydroxylation sites is 1. The van der Waals surface area contributed by atoms with E-state index in [4.69, 9.17) is 0 Å². The number of aromatic nitrogens is 1. The number of fused-ring (bicyclic) bond motifs is 6. The van der Waals surface area contributed by atoms with Crippen LogP contribution in [-0.2, 0) is 5.41 Å². The fourth-order valence-corrected chi connectivity index (χ4v) is 9.74. The third kappa shape index (κ3) is 6.51. The Balaban J connectivity index is 0.957. The first kappa shape index (κ1) is 38.0. The van der Waals surface area contributed by atoms with E-state index in [0.29, 0.717) is 0 Å². The van der Waals surface area contributed by atoms with Crippen molar-refractivity contribution in [1.29, 1.82) is 0 Å². The van der Waals surface area contributed by atoms with E-state index >= 15 is 0 Å². The molecule has 0 radical (unpaired) electrons. The van der Waals surface area contributed by atoms with Crippen LogP contribution in [0.1, 0.15) is 36.1 Å². The molecule has 0 saturated carbocycles. The molecule has 9 aromatic carbocycles. The van der Waals surface area contributed by atoms with E-state index in [9.17, 15) is 0 Å². The van der Waals surface area contributed by atoms with E-state index in [1.807, 2.05) is 12.2 Å². The van der Waals surface area contributed by atoms with Crippen LogP contribution in [0.3, 0.4) is 0 Å². The van der Waals surface area contributed by atoms with E-state index in [1.165, 1.54) is 83.1 Å². The molecule has 0 spiro atoms. The summed E-state index contributed by atoms with van der Waals surface area (Å²) in [5.41, 5.74) is 21.5. The molecular weight excluding hydrogens is 761 g/mol. The van der Waals surface area contributed by atoms with Crippen molar-refractivity contribution in [3.8, 4) is 50.2 Å². The zero-order chi connectivity index (χ0) is 42.7. The molecule has 0 saturated heterocycles. The number of anilines is 3. The molecule has 2 heteroatoms. The highest BCUT2D eigenvalue weighted by molar-refractivity contribution is 6.10. The fourth-order valence-electron chi connectivity index (χ4n) is 9.74. The van der Waals surface area contributed by atoms with Gasteiger partial charge in [0.1, 0.15) is 0 Å². The minimum atomic E-state index is -0.0702. The van der Waals surface area contributed by atoms with Gasteiger partial charge in [-0.3, -0.25) is 0 Å². The van der Waals surface area contributed by atoms with E-state index in [1.54, 1.807) is 0 Å². The molecule has 2 nitrogen and oxygen atoms in total. The van der Waals surface area contributed by atoms with Gasteiger partial charge in [-0.25, -0.2) is 0 Å². The second kappa shape index (κ2) is 15.2. The predicted octanol–water partition coefficient (Wildman–Crippen LogP) is 16.8. The van der Waals surface area contributed by atoms with Gasteiger partial charge in [-0.1, -0.05) is 179 Å². The van der Waals surface area contributed by atoms with Crippen LogP contribution in [-0.4, -0.2) is 4.57 Å². The maximum absolute atomic E-state index is 3.92. The predicted molar refractivity (Wildman–Crippen MR) is 270 cm³/mol. The van der Waals surface area contributed by atoms with Crippen molar-refractivity contribution in [2.45, 2.75) is 19.3 Å². The summed E-state index contributed by atoms with van der Waals surface area (Å²) in [6.45, 7) is 12.5. The second-order valence-corrected chi connectivity index (χ2v) is 17.1. The minimum absolute atomic E-state index is 0.0702. The highest BCUT2D eigenvalue weighted by atomic mass is 15.1. The smallest absolute Gasteiger partial charge is 0.0541 e. The molecule has 63 heavy (non-hydrogen) atoms.